The highest BCUT2D eigenvalue weighted by Crippen LogP contribution is 2.45. The first-order chi connectivity index (χ1) is 25.0. The number of carboxylic acid groups (broad SMARTS) is 1. The Labute approximate surface area is 311 Å². The summed E-state index contributed by atoms with van der Waals surface area (Å²) in [5, 5.41) is 29.2. The summed E-state index contributed by atoms with van der Waals surface area (Å²) in [5.41, 5.74) is 2.71. The summed E-state index contributed by atoms with van der Waals surface area (Å²) in [5.74, 6) is -1.11. The number of fused-ring (bicyclic) bond motifs is 1. The maximum atomic E-state index is 14.5. The van der Waals surface area contributed by atoms with Gasteiger partial charge in [0.2, 0.25) is 11.8 Å². The highest BCUT2D eigenvalue weighted by atomic mass is 35.5. The molecule has 1 saturated carbocycles. The summed E-state index contributed by atoms with van der Waals surface area (Å²) in [4.78, 5) is 20.6. The summed E-state index contributed by atoms with van der Waals surface area (Å²) < 4.78 is 54.4. The van der Waals surface area contributed by atoms with Crippen molar-refractivity contribution in [3.8, 4) is 34.1 Å². The zero-order valence-electron chi connectivity index (χ0n) is 30.1. The summed E-state index contributed by atoms with van der Waals surface area (Å²) in [6.07, 6.45) is -2.29. The van der Waals surface area contributed by atoms with E-state index in [9.17, 15) is 28.2 Å². The van der Waals surface area contributed by atoms with Gasteiger partial charge in [0.05, 0.1) is 42.1 Å². The molecule has 14 heteroatoms. The van der Waals surface area contributed by atoms with Crippen molar-refractivity contribution in [2.24, 2.45) is 0 Å². The van der Waals surface area contributed by atoms with Gasteiger partial charge >= 0.3 is 12.1 Å². The van der Waals surface area contributed by atoms with Gasteiger partial charge in [-0.1, -0.05) is 54.1 Å². The van der Waals surface area contributed by atoms with Gasteiger partial charge in [-0.25, -0.2) is 4.98 Å². The molecule has 1 fully saturated rings. The fourth-order valence-corrected chi connectivity index (χ4v) is 7.37. The number of rotatable bonds is 13. The minimum Gasteiger partial charge on any atom is -0.481 e. The number of ether oxygens (including phenoxy) is 2. The largest absolute Gasteiger partial charge is 0.481 e. The number of anilines is 1. The first kappa shape index (κ1) is 38.3. The van der Waals surface area contributed by atoms with E-state index < -0.39 is 34.9 Å². The summed E-state index contributed by atoms with van der Waals surface area (Å²) in [6.45, 7) is 4.99. The quantitative estimate of drug-likeness (QED) is 0.0931. The van der Waals surface area contributed by atoms with Crippen LogP contribution in [0.1, 0.15) is 73.9 Å². The number of hydrogen-bond donors (Lipinski definition) is 5. The van der Waals surface area contributed by atoms with Crippen LogP contribution in [0, 0.1) is 0 Å². The molecule has 2 aliphatic carbocycles. The first-order valence-corrected chi connectivity index (χ1v) is 17.7. The third-order valence-electron chi connectivity index (χ3n) is 10.0. The molecule has 0 aliphatic heterocycles. The van der Waals surface area contributed by atoms with E-state index in [4.69, 9.17) is 26.1 Å². The Morgan fingerprint density at radius 3 is 2.28 bits per heavy atom. The van der Waals surface area contributed by atoms with E-state index in [0.29, 0.717) is 54.4 Å². The Morgan fingerprint density at radius 1 is 0.962 bits per heavy atom. The van der Waals surface area contributed by atoms with Gasteiger partial charge in [0.1, 0.15) is 11.4 Å². The number of carboxylic acids is 1. The third-order valence-corrected chi connectivity index (χ3v) is 10.5. The number of aliphatic carboxylic acids is 1. The van der Waals surface area contributed by atoms with Crippen molar-refractivity contribution >= 4 is 23.4 Å². The average Bonchev–Trinajstić information content (AvgIpc) is 3.51. The molecule has 2 heterocycles. The zero-order chi connectivity index (χ0) is 38.3. The van der Waals surface area contributed by atoms with Crippen LogP contribution in [0.4, 0.5) is 19.0 Å². The van der Waals surface area contributed by atoms with Crippen LogP contribution in [0.2, 0.25) is 5.02 Å². The third kappa shape index (κ3) is 8.08. The number of methoxy groups -OCH3 is 2. The van der Waals surface area contributed by atoms with Crippen molar-refractivity contribution in [3.63, 3.8) is 0 Å². The average molecular weight is 754 g/mol. The van der Waals surface area contributed by atoms with Crippen LogP contribution in [0.15, 0.2) is 54.6 Å². The highest BCUT2D eigenvalue weighted by Gasteiger charge is 2.39. The number of nitrogens with zero attached hydrogens (tertiary/aromatic N) is 2. The molecule has 0 bridgehead atoms. The van der Waals surface area contributed by atoms with Crippen LogP contribution in [0.25, 0.3) is 22.4 Å². The van der Waals surface area contributed by atoms with Crippen LogP contribution in [0.5, 0.6) is 11.8 Å². The summed E-state index contributed by atoms with van der Waals surface area (Å²) in [7, 11) is 2.87. The minimum atomic E-state index is -4.75. The van der Waals surface area contributed by atoms with E-state index in [1.54, 1.807) is 7.11 Å². The van der Waals surface area contributed by atoms with Crippen LogP contribution in [-0.2, 0) is 30.5 Å². The molecule has 6 rings (SSSR count). The number of hydrogen-bond acceptors (Lipinski definition) is 9. The lowest BCUT2D eigenvalue weighted by atomic mass is 9.77. The van der Waals surface area contributed by atoms with E-state index in [1.165, 1.54) is 21.0 Å². The van der Waals surface area contributed by atoms with Gasteiger partial charge < -0.3 is 30.3 Å². The lowest BCUT2D eigenvalue weighted by Crippen LogP contribution is -2.51. The number of nitrogens with one attached hydrogen (secondary N) is 3. The molecule has 282 valence electrons. The van der Waals surface area contributed by atoms with E-state index in [2.05, 4.69) is 20.9 Å². The molecule has 0 saturated heterocycles. The van der Waals surface area contributed by atoms with Gasteiger partial charge in [-0.2, -0.15) is 18.2 Å². The predicted octanol–water partition coefficient (Wildman–Crippen LogP) is 7.56. The van der Waals surface area contributed by atoms with Crippen LogP contribution in [0.3, 0.4) is 0 Å². The van der Waals surface area contributed by atoms with Gasteiger partial charge in [0.15, 0.2) is 0 Å². The molecule has 2 aliphatic rings. The Morgan fingerprint density at radius 2 is 1.62 bits per heavy atom. The topological polar surface area (TPSA) is 138 Å². The molecule has 0 amide bonds. The molecular formula is C39H43ClF3N5O5. The van der Waals surface area contributed by atoms with Crippen molar-refractivity contribution in [2.75, 3.05) is 19.5 Å². The molecular weight excluding hydrogens is 711 g/mol. The van der Waals surface area contributed by atoms with Crippen LogP contribution >= 0.6 is 11.6 Å². The fourth-order valence-electron chi connectivity index (χ4n) is 7.05. The predicted molar refractivity (Wildman–Crippen MR) is 196 cm³/mol. The van der Waals surface area contributed by atoms with E-state index >= 15 is 0 Å². The number of aromatic nitrogens is 2. The lowest BCUT2D eigenvalue weighted by Gasteiger charge is -2.41. The molecule has 2 aromatic heterocycles. The molecule has 10 nitrogen and oxygen atoms in total. The zero-order valence-corrected chi connectivity index (χ0v) is 30.9. The number of carbonyl (C=O) groups is 1. The molecule has 0 unspecified atom stereocenters. The number of halogens is 4. The molecule has 5 N–H and O–H groups in total. The second kappa shape index (κ2) is 14.8. The number of benzene rings is 2. The van der Waals surface area contributed by atoms with Gasteiger partial charge in [0.25, 0.3) is 0 Å². The first-order valence-electron chi connectivity index (χ1n) is 17.3. The Hall–Kier alpha value is -4.43. The smallest absolute Gasteiger partial charge is 0.419 e. The summed E-state index contributed by atoms with van der Waals surface area (Å²) >= 11 is 7.11. The highest BCUT2D eigenvalue weighted by molar-refractivity contribution is 6.36. The van der Waals surface area contributed by atoms with Crippen LogP contribution < -0.4 is 25.4 Å². The van der Waals surface area contributed by atoms with Crippen molar-refractivity contribution in [2.45, 2.75) is 88.9 Å². The maximum absolute atomic E-state index is 14.5. The monoisotopic (exact) mass is 753 g/mol. The van der Waals surface area contributed by atoms with Crippen molar-refractivity contribution in [3.05, 3.63) is 87.4 Å². The van der Waals surface area contributed by atoms with Crippen molar-refractivity contribution in [1.29, 1.82) is 0 Å². The normalized spacial score (nSPS) is 19.7. The molecule has 1 atom stereocenters. The minimum absolute atomic E-state index is 0.0492. The maximum Gasteiger partial charge on any atom is 0.419 e. The molecule has 2 aromatic carbocycles. The van der Waals surface area contributed by atoms with E-state index in [0.717, 1.165) is 33.9 Å². The van der Waals surface area contributed by atoms with E-state index in [1.807, 2.05) is 55.5 Å². The number of pyridine rings is 2. The standard InChI is InChI=1S/C39H43ClF3N5O5/c1-37(2,36(49)50)45-20-22-16-29(39(41,42)43)33(48-35(22)53-5)46-30-15-13-25-24(8-6-9-26(25)30)27-10-7-11-28(32(27)40)31-14-12-21(34(47-31)52-4)19-44-23-17-38(3,51)18-23/h6-12,14,16,23,30,44-45,51H,13,15,17-20H2,1-5H3,(H,46,48)(H,49,50)/t23-,30-,38-/m0/s1. The fraction of sp³-hybridized carbons (Fsp3) is 0.410. The Bertz CT molecular complexity index is 2010. The molecule has 0 spiro atoms. The van der Waals surface area contributed by atoms with Gasteiger partial charge in [0, 0.05) is 41.4 Å². The molecule has 53 heavy (non-hydrogen) atoms. The van der Waals surface area contributed by atoms with Crippen molar-refractivity contribution in [1.82, 2.24) is 20.6 Å². The van der Waals surface area contributed by atoms with Crippen molar-refractivity contribution < 1.29 is 37.7 Å². The van der Waals surface area contributed by atoms with Crippen LogP contribution in [-0.4, -0.2) is 57.6 Å². The van der Waals surface area contributed by atoms with Gasteiger partial charge in [-0.15, -0.1) is 0 Å². The second-order valence-electron chi connectivity index (χ2n) is 14.5. The lowest BCUT2D eigenvalue weighted by molar-refractivity contribution is -0.143. The second-order valence-corrected chi connectivity index (χ2v) is 14.8. The van der Waals surface area contributed by atoms with E-state index in [-0.39, 0.29) is 29.8 Å². The summed E-state index contributed by atoms with van der Waals surface area (Å²) in [6, 6.07) is 15.9. The SMILES string of the molecule is COc1nc(-c2cccc(-c3cccc4c3CC[C@@H]4Nc3nc(OC)c(CNC(C)(C)C(=O)O)cc3C(F)(F)F)c2Cl)ccc1CN[C@H]1C[C@](C)(O)C1. The molecule has 0 radical (unpaired) electrons. The Kier molecular flexibility index (Phi) is 10.7. The number of aliphatic hydroxyl groups is 1. The van der Waals surface area contributed by atoms with Gasteiger partial charge in [-0.05, 0) is 75.3 Å². The number of alkyl halides is 3. The molecule has 4 aromatic rings. The van der Waals surface area contributed by atoms with Gasteiger partial charge in [-0.3, -0.25) is 10.1 Å². The Balaban J connectivity index is 1.27.